The summed E-state index contributed by atoms with van der Waals surface area (Å²) in [6.45, 7) is 3.87. The molecule has 0 aliphatic heterocycles. The Hall–Kier alpha value is -2.29. The topological polar surface area (TPSA) is 35.5 Å². The highest BCUT2D eigenvalue weighted by molar-refractivity contribution is 5.67. The summed E-state index contributed by atoms with van der Waals surface area (Å²) in [4.78, 5) is 11.6. The molecular formula is C15H14O3. The highest BCUT2D eigenvalue weighted by Crippen LogP contribution is 2.19. The molecule has 2 aromatic rings. The molecular weight excluding hydrogens is 228 g/mol. The van der Waals surface area contributed by atoms with E-state index in [4.69, 9.17) is 9.47 Å². The van der Waals surface area contributed by atoms with Crippen LogP contribution in [0, 0.1) is 13.8 Å². The molecule has 0 radical (unpaired) electrons. The van der Waals surface area contributed by atoms with E-state index < -0.39 is 6.16 Å². The fourth-order valence-corrected chi connectivity index (χ4v) is 1.61. The van der Waals surface area contributed by atoms with Crippen LogP contribution in [0.1, 0.15) is 11.1 Å². The molecule has 0 fully saturated rings. The largest absolute Gasteiger partial charge is 0.519 e. The lowest BCUT2D eigenvalue weighted by Gasteiger charge is -2.08. The number of hydrogen-bond acceptors (Lipinski definition) is 3. The van der Waals surface area contributed by atoms with E-state index in [2.05, 4.69) is 0 Å². The number of benzene rings is 2. The van der Waals surface area contributed by atoms with Crippen molar-refractivity contribution in [2.45, 2.75) is 13.8 Å². The fraction of sp³-hybridized carbons (Fsp3) is 0.133. The molecule has 0 saturated heterocycles. The first-order chi connectivity index (χ1) is 8.65. The van der Waals surface area contributed by atoms with Crippen molar-refractivity contribution in [1.82, 2.24) is 0 Å². The maximum atomic E-state index is 11.6. The Morgan fingerprint density at radius 1 is 0.944 bits per heavy atom. The van der Waals surface area contributed by atoms with E-state index in [1.807, 2.05) is 32.0 Å². The first-order valence-electron chi connectivity index (χ1n) is 5.67. The van der Waals surface area contributed by atoms with E-state index >= 15 is 0 Å². The minimum atomic E-state index is -0.729. The Balaban J connectivity index is 2.03. The van der Waals surface area contributed by atoms with Gasteiger partial charge in [-0.15, -0.1) is 0 Å². The van der Waals surface area contributed by atoms with Crippen LogP contribution in [0.3, 0.4) is 0 Å². The predicted octanol–water partition coefficient (Wildman–Crippen LogP) is 3.88. The van der Waals surface area contributed by atoms with Crippen LogP contribution in [0.25, 0.3) is 0 Å². The minimum Gasteiger partial charge on any atom is -0.395 e. The predicted molar refractivity (Wildman–Crippen MR) is 69.0 cm³/mol. The summed E-state index contributed by atoms with van der Waals surface area (Å²) in [5.41, 5.74) is 2.02. The molecule has 0 bridgehead atoms. The van der Waals surface area contributed by atoms with E-state index in [-0.39, 0.29) is 0 Å². The van der Waals surface area contributed by atoms with Gasteiger partial charge < -0.3 is 9.47 Å². The summed E-state index contributed by atoms with van der Waals surface area (Å²) < 4.78 is 10.2. The molecule has 0 atom stereocenters. The van der Waals surface area contributed by atoms with Crippen molar-refractivity contribution < 1.29 is 14.3 Å². The monoisotopic (exact) mass is 242 g/mol. The summed E-state index contributed by atoms with van der Waals surface area (Å²) in [5, 5.41) is 0. The summed E-state index contributed by atoms with van der Waals surface area (Å²) in [7, 11) is 0. The van der Waals surface area contributed by atoms with E-state index in [1.54, 1.807) is 30.3 Å². The molecule has 3 heteroatoms. The SMILES string of the molecule is Cc1ccc(OC(=O)Oc2ccccc2)c(C)c1. The first-order valence-corrected chi connectivity index (χ1v) is 5.67. The second-order valence-electron chi connectivity index (χ2n) is 4.04. The average Bonchev–Trinajstić information content (AvgIpc) is 2.34. The van der Waals surface area contributed by atoms with Crippen LogP contribution in [-0.2, 0) is 0 Å². The number of ether oxygens (including phenoxy) is 2. The van der Waals surface area contributed by atoms with Crippen LogP contribution in [0.2, 0.25) is 0 Å². The molecule has 0 saturated carbocycles. The number of rotatable bonds is 2. The maximum Gasteiger partial charge on any atom is 0.519 e. The molecule has 18 heavy (non-hydrogen) atoms. The van der Waals surface area contributed by atoms with Crippen LogP contribution in [-0.4, -0.2) is 6.16 Å². The summed E-state index contributed by atoms with van der Waals surface area (Å²) in [6, 6.07) is 14.4. The third-order valence-electron chi connectivity index (χ3n) is 2.47. The van der Waals surface area contributed by atoms with Gasteiger partial charge in [0.2, 0.25) is 0 Å². The lowest BCUT2D eigenvalue weighted by atomic mass is 10.1. The molecule has 0 spiro atoms. The van der Waals surface area contributed by atoms with Gasteiger partial charge in [-0.25, -0.2) is 4.79 Å². The molecule has 92 valence electrons. The number of carbonyl (C=O) groups excluding carboxylic acids is 1. The zero-order valence-corrected chi connectivity index (χ0v) is 10.3. The lowest BCUT2D eigenvalue weighted by Crippen LogP contribution is -2.14. The molecule has 0 heterocycles. The number of carbonyl (C=O) groups is 1. The Labute approximate surface area is 106 Å². The van der Waals surface area contributed by atoms with Crippen molar-refractivity contribution in [3.63, 3.8) is 0 Å². The van der Waals surface area contributed by atoms with E-state index in [9.17, 15) is 4.79 Å². The summed E-state index contributed by atoms with van der Waals surface area (Å²) in [5.74, 6) is 0.980. The zero-order chi connectivity index (χ0) is 13.0. The highest BCUT2D eigenvalue weighted by Gasteiger charge is 2.09. The van der Waals surface area contributed by atoms with Gasteiger partial charge in [0.1, 0.15) is 11.5 Å². The second kappa shape index (κ2) is 5.36. The third-order valence-corrected chi connectivity index (χ3v) is 2.47. The summed E-state index contributed by atoms with van der Waals surface area (Å²) in [6.07, 6.45) is -0.729. The fourth-order valence-electron chi connectivity index (χ4n) is 1.61. The highest BCUT2D eigenvalue weighted by atomic mass is 16.7. The molecule has 2 aromatic carbocycles. The third kappa shape index (κ3) is 3.10. The molecule has 0 N–H and O–H groups in total. The molecule has 2 rings (SSSR count). The molecule has 0 unspecified atom stereocenters. The molecule has 0 aliphatic carbocycles. The standard InChI is InChI=1S/C15H14O3/c1-11-8-9-14(12(2)10-11)18-15(16)17-13-6-4-3-5-7-13/h3-10H,1-2H3. The molecule has 0 aliphatic rings. The number of para-hydroxylation sites is 1. The normalized spacial score (nSPS) is 9.89. The molecule has 0 amide bonds. The Kier molecular flexibility index (Phi) is 3.63. The van der Waals surface area contributed by atoms with Crippen molar-refractivity contribution in [3.05, 3.63) is 59.7 Å². The van der Waals surface area contributed by atoms with Gasteiger partial charge in [-0.3, -0.25) is 0 Å². The van der Waals surface area contributed by atoms with Gasteiger partial charge >= 0.3 is 6.16 Å². The Morgan fingerprint density at radius 3 is 2.33 bits per heavy atom. The van der Waals surface area contributed by atoms with Gasteiger partial charge in [0.25, 0.3) is 0 Å². The van der Waals surface area contributed by atoms with E-state index in [1.165, 1.54) is 0 Å². The quantitative estimate of drug-likeness (QED) is 0.592. The van der Waals surface area contributed by atoms with Gasteiger partial charge in [-0.2, -0.15) is 0 Å². The Bertz CT molecular complexity index is 547. The zero-order valence-electron chi connectivity index (χ0n) is 10.3. The van der Waals surface area contributed by atoms with Crippen molar-refractivity contribution >= 4 is 6.16 Å². The summed E-state index contributed by atoms with van der Waals surface area (Å²) >= 11 is 0. The van der Waals surface area contributed by atoms with Crippen LogP contribution in [0.4, 0.5) is 4.79 Å². The van der Waals surface area contributed by atoms with Crippen molar-refractivity contribution in [1.29, 1.82) is 0 Å². The minimum absolute atomic E-state index is 0.465. The van der Waals surface area contributed by atoms with Gasteiger partial charge in [0.05, 0.1) is 0 Å². The average molecular weight is 242 g/mol. The van der Waals surface area contributed by atoms with Gasteiger partial charge in [-0.05, 0) is 37.6 Å². The van der Waals surface area contributed by atoms with Gasteiger partial charge in [0, 0.05) is 0 Å². The first kappa shape index (κ1) is 12.2. The van der Waals surface area contributed by atoms with Gasteiger partial charge in [0.15, 0.2) is 0 Å². The van der Waals surface area contributed by atoms with E-state index in [0.717, 1.165) is 11.1 Å². The van der Waals surface area contributed by atoms with Crippen LogP contribution in [0.5, 0.6) is 11.5 Å². The van der Waals surface area contributed by atoms with Crippen LogP contribution >= 0.6 is 0 Å². The van der Waals surface area contributed by atoms with Crippen molar-refractivity contribution in [2.75, 3.05) is 0 Å². The maximum absolute atomic E-state index is 11.6. The number of hydrogen-bond donors (Lipinski definition) is 0. The lowest BCUT2D eigenvalue weighted by molar-refractivity contribution is 0.151. The smallest absolute Gasteiger partial charge is 0.395 e. The molecule has 0 aromatic heterocycles. The van der Waals surface area contributed by atoms with Crippen LogP contribution in [0.15, 0.2) is 48.5 Å². The Morgan fingerprint density at radius 2 is 1.67 bits per heavy atom. The number of aryl methyl sites for hydroxylation is 2. The van der Waals surface area contributed by atoms with Crippen LogP contribution < -0.4 is 9.47 Å². The van der Waals surface area contributed by atoms with Crippen molar-refractivity contribution in [2.24, 2.45) is 0 Å². The van der Waals surface area contributed by atoms with Crippen molar-refractivity contribution in [3.8, 4) is 11.5 Å². The molecule has 3 nitrogen and oxygen atoms in total. The van der Waals surface area contributed by atoms with E-state index in [0.29, 0.717) is 11.5 Å². The second-order valence-corrected chi connectivity index (χ2v) is 4.04. The van der Waals surface area contributed by atoms with Gasteiger partial charge in [-0.1, -0.05) is 35.9 Å².